The molecule has 1 aliphatic rings. The molecule has 0 atom stereocenters. The molecule has 0 saturated carbocycles. The maximum Gasteiger partial charge on any atom is 0.230 e. The number of rotatable bonds is 6. The molecule has 4 nitrogen and oxygen atoms in total. The van der Waals surface area contributed by atoms with E-state index in [9.17, 15) is 9.18 Å². The molecule has 1 fully saturated rings. The van der Waals surface area contributed by atoms with Gasteiger partial charge in [-0.25, -0.2) is 4.39 Å². The Morgan fingerprint density at radius 1 is 1.19 bits per heavy atom. The SMILES string of the molecule is O=C(NCCOc1cccc(F)c1)C1(c2ccc(Br)cc2)CCOCC1. The van der Waals surface area contributed by atoms with Crippen LogP contribution in [0.3, 0.4) is 0 Å². The molecular formula is C20H21BrFNO3. The van der Waals surface area contributed by atoms with E-state index in [0.717, 1.165) is 10.0 Å². The minimum Gasteiger partial charge on any atom is -0.492 e. The summed E-state index contributed by atoms with van der Waals surface area (Å²) in [6.45, 7) is 1.75. The van der Waals surface area contributed by atoms with Gasteiger partial charge in [0.15, 0.2) is 0 Å². The van der Waals surface area contributed by atoms with Gasteiger partial charge in [-0.1, -0.05) is 34.1 Å². The summed E-state index contributed by atoms with van der Waals surface area (Å²) in [4.78, 5) is 13.0. The lowest BCUT2D eigenvalue weighted by Crippen LogP contribution is -2.48. The second-order valence-electron chi connectivity index (χ2n) is 6.26. The lowest BCUT2D eigenvalue weighted by molar-refractivity contribution is -0.130. The van der Waals surface area contributed by atoms with E-state index in [-0.39, 0.29) is 18.3 Å². The number of carbonyl (C=O) groups is 1. The first-order valence-corrected chi connectivity index (χ1v) is 9.40. The highest BCUT2D eigenvalue weighted by atomic mass is 79.9. The lowest BCUT2D eigenvalue weighted by Gasteiger charge is -2.36. The predicted molar refractivity (Wildman–Crippen MR) is 101 cm³/mol. The molecule has 3 rings (SSSR count). The Morgan fingerprint density at radius 2 is 1.92 bits per heavy atom. The zero-order valence-electron chi connectivity index (χ0n) is 14.3. The second-order valence-corrected chi connectivity index (χ2v) is 7.18. The fourth-order valence-electron chi connectivity index (χ4n) is 3.20. The van der Waals surface area contributed by atoms with Crippen LogP contribution in [-0.2, 0) is 14.9 Å². The van der Waals surface area contributed by atoms with Crippen LogP contribution < -0.4 is 10.1 Å². The van der Waals surface area contributed by atoms with Crippen LogP contribution in [0.5, 0.6) is 5.75 Å². The van der Waals surface area contributed by atoms with Crippen LogP contribution in [0.1, 0.15) is 18.4 Å². The normalized spacial score (nSPS) is 16.1. The topological polar surface area (TPSA) is 47.6 Å². The van der Waals surface area contributed by atoms with Gasteiger partial charge in [-0.3, -0.25) is 4.79 Å². The molecule has 1 amide bonds. The van der Waals surface area contributed by atoms with Crippen molar-refractivity contribution in [1.82, 2.24) is 5.32 Å². The third kappa shape index (κ3) is 4.43. The molecule has 6 heteroatoms. The van der Waals surface area contributed by atoms with E-state index < -0.39 is 5.41 Å². The Labute approximate surface area is 160 Å². The number of halogens is 2. The van der Waals surface area contributed by atoms with E-state index >= 15 is 0 Å². The molecule has 0 spiro atoms. The molecule has 2 aromatic rings. The standard InChI is InChI=1S/C20H21BrFNO3/c21-16-6-4-15(5-7-16)20(8-11-25-12-9-20)19(24)23-10-13-26-18-3-1-2-17(22)14-18/h1-7,14H,8-13H2,(H,23,24). The minimum atomic E-state index is -0.586. The number of ether oxygens (including phenoxy) is 2. The average molecular weight is 422 g/mol. The second kappa shape index (κ2) is 8.64. The lowest BCUT2D eigenvalue weighted by atomic mass is 9.73. The number of benzene rings is 2. The number of nitrogens with one attached hydrogen (secondary N) is 1. The van der Waals surface area contributed by atoms with E-state index in [1.54, 1.807) is 12.1 Å². The Hall–Kier alpha value is -1.92. The molecule has 0 unspecified atom stereocenters. The predicted octanol–water partition coefficient (Wildman–Crippen LogP) is 3.83. The highest BCUT2D eigenvalue weighted by Crippen LogP contribution is 2.35. The van der Waals surface area contributed by atoms with E-state index in [4.69, 9.17) is 9.47 Å². The van der Waals surface area contributed by atoms with Crippen molar-refractivity contribution in [2.24, 2.45) is 0 Å². The molecule has 1 aliphatic heterocycles. The van der Waals surface area contributed by atoms with Gasteiger partial charge < -0.3 is 14.8 Å². The van der Waals surface area contributed by atoms with Crippen molar-refractivity contribution >= 4 is 21.8 Å². The van der Waals surface area contributed by atoms with Crippen molar-refractivity contribution < 1.29 is 18.7 Å². The fraction of sp³-hybridized carbons (Fsp3) is 0.350. The first-order valence-electron chi connectivity index (χ1n) is 8.61. The number of amides is 1. The van der Waals surface area contributed by atoms with Crippen molar-refractivity contribution in [1.29, 1.82) is 0 Å². The Balaban J connectivity index is 1.62. The van der Waals surface area contributed by atoms with Crippen LogP contribution in [0, 0.1) is 5.82 Å². The molecule has 1 heterocycles. The van der Waals surface area contributed by atoms with Crippen molar-refractivity contribution in [2.45, 2.75) is 18.3 Å². The highest BCUT2D eigenvalue weighted by molar-refractivity contribution is 9.10. The molecule has 2 aromatic carbocycles. The molecule has 1 saturated heterocycles. The molecule has 0 bridgehead atoms. The van der Waals surface area contributed by atoms with Gasteiger partial charge in [0, 0.05) is 23.8 Å². The molecular weight excluding hydrogens is 401 g/mol. The average Bonchev–Trinajstić information content (AvgIpc) is 2.66. The van der Waals surface area contributed by atoms with E-state index in [1.165, 1.54) is 12.1 Å². The van der Waals surface area contributed by atoms with Crippen molar-refractivity contribution in [2.75, 3.05) is 26.4 Å². The van der Waals surface area contributed by atoms with E-state index in [2.05, 4.69) is 21.2 Å². The van der Waals surface area contributed by atoms with Crippen LogP contribution in [0.25, 0.3) is 0 Å². The van der Waals surface area contributed by atoms with Gasteiger partial charge >= 0.3 is 0 Å². The number of carbonyl (C=O) groups excluding carboxylic acids is 1. The number of hydrogen-bond donors (Lipinski definition) is 1. The van der Waals surface area contributed by atoms with Gasteiger partial charge in [0.05, 0.1) is 12.0 Å². The van der Waals surface area contributed by atoms with Gasteiger partial charge in [-0.15, -0.1) is 0 Å². The van der Waals surface area contributed by atoms with Gasteiger partial charge in [-0.2, -0.15) is 0 Å². The quantitative estimate of drug-likeness (QED) is 0.720. The van der Waals surface area contributed by atoms with Gasteiger partial charge in [-0.05, 0) is 42.7 Å². The monoisotopic (exact) mass is 421 g/mol. The summed E-state index contributed by atoms with van der Waals surface area (Å²) in [6.07, 6.45) is 1.29. The summed E-state index contributed by atoms with van der Waals surface area (Å²) in [5, 5.41) is 2.97. The summed E-state index contributed by atoms with van der Waals surface area (Å²) in [5.41, 5.74) is 0.408. The van der Waals surface area contributed by atoms with Crippen LogP contribution in [0.15, 0.2) is 53.0 Å². The summed E-state index contributed by atoms with van der Waals surface area (Å²) in [5.74, 6) is 0.0850. The number of hydrogen-bond acceptors (Lipinski definition) is 3. The van der Waals surface area contributed by atoms with Crippen molar-refractivity contribution in [3.8, 4) is 5.75 Å². The Morgan fingerprint density at radius 3 is 2.62 bits per heavy atom. The van der Waals surface area contributed by atoms with Crippen molar-refractivity contribution in [3.63, 3.8) is 0 Å². The third-order valence-corrected chi connectivity index (χ3v) is 5.16. The first kappa shape index (κ1) is 18.9. The Bertz CT molecular complexity index is 745. The first-order chi connectivity index (χ1) is 12.6. The molecule has 0 aliphatic carbocycles. The van der Waals surface area contributed by atoms with Gasteiger partial charge in [0.1, 0.15) is 18.2 Å². The van der Waals surface area contributed by atoms with Crippen LogP contribution >= 0.6 is 15.9 Å². The smallest absolute Gasteiger partial charge is 0.230 e. The Kier molecular flexibility index (Phi) is 6.27. The van der Waals surface area contributed by atoms with Crippen LogP contribution in [0.4, 0.5) is 4.39 Å². The van der Waals surface area contributed by atoms with Crippen LogP contribution in [0.2, 0.25) is 0 Å². The molecule has 26 heavy (non-hydrogen) atoms. The largest absolute Gasteiger partial charge is 0.492 e. The summed E-state index contributed by atoms with van der Waals surface area (Å²) >= 11 is 3.43. The summed E-state index contributed by atoms with van der Waals surface area (Å²) in [7, 11) is 0. The maximum atomic E-state index is 13.1. The molecule has 1 N–H and O–H groups in total. The van der Waals surface area contributed by atoms with Gasteiger partial charge in [0.25, 0.3) is 0 Å². The fourth-order valence-corrected chi connectivity index (χ4v) is 3.46. The van der Waals surface area contributed by atoms with E-state index in [1.807, 2.05) is 24.3 Å². The summed E-state index contributed by atoms with van der Waals surface area (Å²) in [6, 6.07) is 13.8. The van der Waals surface area contributed by atoms with E-state index in [0.29, 0.717) is 38.3 Å². The third-order valence-electron chi connectivity index (χ3n) is 4.63. The summed E-state index contributed by atoms with van der Waals surface area (Å²) < 4.78 is 25.1. The zero-order valence-corrected chi connectivity index (χ0v) is 15.9. The zero-order chi connectivity index (χ0) is 18.4. The minimum absolute atomic E-state index is 0.0223. The molecule has 138 valence electrons. The maximum absolute atomic E-state index is 13.1. The molecule has 0 aromatic heterocycles. The highest BCUT2D eigenvalue weighted by Gasteiger charge is 2.41. The van der Waals surface area contributed by atoms with Crippen LogP contribution in [-0.4, -0.2) is 32.3 Å². The molecule has 0 radical (unpaired) electrons. The van der Waals surface area contributed by atoms with Gasteiger partial charge in [0.2, 0.25) is 5.91 Å². The van der Waals surface area contributed by atoms with Crippen molar-refractivity contribution in [3.05, 3.63) is 64.4 Å².